The molecule has 1 fully saturated rings. The van der Waals surface area contributed by atoms with E-state index in [1.54, 1.807) is 0 Å². The minimum atomic E-state index is -0.100. The van der Waals surface area contributed by atoms with Crippen molar-refractivity contribution in [1.29, 1.82) is 0 Å². The minimum Gasteiger partial charge on any atom is -0.396 e. The number of rotatable bonds is 5. The van der Waals surface area contributed by atoms with Gasteiger partial charge in [0.25, 0.3) is 5.91 Å². The van der Waals surface area contributed by atoms with Crippen molar-refractivity contribution in [2.45, 2.75) is 31.7 Å². The first-order chi connectivity index (χ1) is 9.26. The number of hydrogen-bond acceptors (Lipinski definition) is 6. The molecular formula is C12H19N5O2. The Morgan fingerprint density at radius 2 is 2.37 bits per heavy atom. The fourth-order valence-electron chi connectivity index (χ4n) is 2.39. The van der Waals surface area contributed by atoms with Gasteiger partial charge in [-0.05, 0) is 25.7 Å². The molecule has 7 heteroatoms. The molecule has 0 spiro atoms. The molecular weight excluding hydrogens is 246 g/mol. The highest BCUT2D eigenvalue weighted by Gasteiger charge is 2.29. The summed E-state index contributed by atoms with van der Waals surface area (Å²) in [7, 11) is 0. The average molecular weight is 265 g/mol. The highest BCUT2D eigenvalue weighted by atomic mass is 16.3. The van der Waals surface area contributed by atoms with Gasteiger partial charge >= 0.3 is 0 Å². The van der Waals surface area contributed by atoms with Crippen molar-refractivity contribution in [2.75, 3.05) is 18.6 Å². The fourth-order valence-corrected chi connectivity index (χ4v) is 2.39. The third kappa shape index (κ3) is 3.18. The van der Waals surface area contributed by atoms with Crippen LogP contribution < -0.4 is 11.3 Å². The summed E-state index contributed by atoms with van der Waals surface area (Å²) < 4.78 is 0. The first-order valence-electron chi connectivity index (χ1n) is 6.46. The number of aliphatic hydroxyl groups excluding tert-OH is 1. The maximum absolute atomic E-state index is 12.3. The minimum absolute atomic E-state index is 0.100. The van der Waals surface area contributed by atoms with Crippen molar-refractivity contribution in [3.05, 3.63) is 18.1 Å². The smallest absolute Gasteiger partial charge is 0.274 e. The number of aliphatic hydroxyl groups is 1. The van der Waals surface area contributed by atoms with Gasteiger partial charge < -0.3 is 15.4 Å². The second-order valence-electron chi connectivity index (χ2n) is 4.59. The topological polar surface area (TPSA) is 104 Å². The summed E-state index contributed by atoms with van der Waals surface area (Å²) in [6.07, 6.45) is 6.40. The monoisotopic (exact) mass is 265 g/mol. The van der Waals surface area contributed by atoms with Crippen molar-refractivity contribution >= 4 is 11.7 Å². The zero-order valence-electron chi connectivity index (χ0n) is 10.7. The molecule has 4 N–H and O–H groups in total. The molecule has 1 aromatic heterocycles. The van der Waals surface area contributed by atoms with Crippen LogP contribution in [0.1, 0.15) is 36.2 Å². The normalized spacial score (nSPS) is 18.6. The Bertz CT molecular complexity index is 423. The van der Waals surface area contributed by atoms with E-state index in [1.165, 1.54) is 12.4 Å². The summed E-state index contributed by atoms with van der Waals surface area (Å²) in [4.78, 5) is 22.2. The highest BCUT2D eigenvalue weighted by molar-refractivity contribution is 5.92. The molecule has 1 aliphatic heterocycles. The lowest BCUT2D eigenvalue weighted by Gasteiger charge is -2.24. The van der Waals surface area contributed by atoms with Crippen molar-refractivity contribution in [3.63, 3.8) is 0 Å². The van der Waals surface area contributed by atoms with Gasteiger partial charge in [0.15, 0.2) is 5.82 Å². The fraction of sp³-hybridized carbons (Fsp3) is 0.583. The number of aromatic nitrogens is 2. The van der Waals surface area contributed by atoms with Crippen molar-refractivity contribution in [1.82, 2.24) is 14.9 Å². The van der Waals surface area contributed by atoms with Crippen LogP contribution >= 0.6 is 0 Å². The first-order valence-corrected chi connectivity index (χ1v) is 6.46. The summed E-state index contributed by atoms with van der Waals surface area (Å²) >= 11 is 0. The molecule has 2 rings (SSSR count). The van der Waals surface area contributed by atoms with E-state index in [-0.39, 0.29) is 18.6 Å². The number of carbonyl (C=O) groups excluding carboxylic acids is 1. The first kappa shape index (κ1) is 13.7. The third-order valence-electron chi connectivity index (χ3n) is 3.35. The molecule has 0 aromatic carbocycles. The van der Waals surface area contributed by atoms with E-state index in [0.717, 1.165) is 32.2 Å². The maximum Gasteiger partial charge on any atom is 0.274 e. The Balaban J connectivity index is 2.04. The van der Waals surface area contributed by atoms with Crippen LogP contribution in [-0.2, 0) is 0 Å². The summed E-state index contributed by atoms with van der Waals surface area (Å²) in [6.45, 7) is 0.905. The van der Waals surface area contributed by atoms with Crippen molar-refractivity contribution in [3.8, 4) is 0 Å². The predicted molar refractivity (Wildman–Crippen MR) is 70.2 cm³/mol. The van der Waals surface area contributed by atoms with E-state index in [4.69, 9.17) is 10.9 Å². The Morgan fingerprint density at radius 1 is 1.53 bits per heavy atom. The van der Waals surface area contributed by atoms with E-state index in [9.17, 15) is 4.79 Å². The van der Waals surface area contributed by atoms with E-state index in [2.05, 4.69) is 15.4 Å². The molecule has 1 unspecified atom stereocenters. The number of nitrogens with zero attached hydrogens (tertiary/aromatic N) is 3. The zero-order chi connectivity index (χ0) is 13.7. The molecule has 1 aromatic rings. The summed E-state index contributed by atoms with van der Waals surface area (Å²) in [5.41, 5.74) is 2.70. The van der Waals surface area contributed by atoms with E-state index >= 15 is 0 Å². The summed E-state index contributed by atoms with van der Waals surface area (Å²) in [5.74, 6) is 5.53. The largest absolute Gasteiger partial charge is 0.396 e. The Morgan fingerprint density at radius 3 is 3.00 bits per heavy atom. The molecule has 1 saturated heterocycles. The standard InChI is InChI=1S/C12H19N5O2/c13-16-11-8-14-10(7-15-11)12(19)17-5-1-3-9(17)4-2-6-18/h7-9,18H,1-6,13H2,(H,15,16). The van der Waals surface area contributed by atoms with Gasteiger partial charge in [0, 0.05) is 19.2 Å². The molecule has 0 radical (unpaired) electrons. The van der Waals surface area contributed by atoms with Gasteiger partial charge in [-0.15, -0.1) is 0 Å². The van der Waals surface area contributed by atoms with Crippen LogP contribution in [-0.4, -0.2) is 45.1 Å². The Labute approximate surface area is 111 Å². The van der Waals surface area contributed by atoms with Crippen LogP contribution in [0.5, 0.6) is 0 Å². The number of hydrazine groups is 1. The zero-order valence-corrected chi connectivity index (χ0v) is 10.7. The van der Waals surface area contributed by atoms with Crippen LogP contribution in [0.4, 0.5) is 5.82 Å². The third-order valence-corrected chi connectivity index (χ3v) is 3.35. The SMILES string of the molecule is NNc1cnc(C(=O)N2CCCC2CCCO)cn1. The van der Waals surface area contributed by atoms with Gasteiger partial charge in [0.1, 0.15) is 5.69 Å². The van der Waals surface area contributed by atoms with Gasteiger partial charge in [0.05, 0.1) is 12.4 Å². The van der Waals surface area contributed by atoms with Crippen molar-refractivity contribution < 1.29 is 9.90 Å². The number of nitrogens with two attached hydrogens (primary N) is 1. The molecule has 104 valence electrons. The Kier molecular flexibility index (Phi) is 4.64. The lowest BCUT2D eigenvalue weighted by molar-refractivity contribution is 0.0718. The molecule has 1 amide bonds. The number of carbonyl (C=O) groups is 1. The number of amides is 1. The lowest BCUT2D eigenvalue weighted by atomic mass is 10.1. The van der Waals surface area contributed by atoms with Gasteiger partial charge in [-0.3, -0.25) is 4.79 Å². The predicted octanol–water partition coefficient (Wildman–Crippen LogP) is 0.139. The summed E-state index contributed by atoms with van der Waals surface area (Å²) in [6, 6.07) is 0.203. The highest BCUT2D eigenvalue weighted by Crippen LogP contribution is 2.22. The number of hydrogen-bond donors (Lipinski definition) is 3. The van der Waals surface area contributed by atoms with Gasteiger partial charge in [0.2, 0.25) is 0 Å². The van der Waals surface area contributed by atoms with E-state index < -0.39 is 0 Å². The van der Waals surface area contributed by atoms with Gasteiger partial charge in [-0.25, -0.2) is 15.8 Å². The van der Waals surface area contributed by atoms with Crippen LogP contribution in [0.15, 0.2) is 12.4 Å². The van der Waals surface area contributed by atoms with E-state index in [0.29, 0.717) is 11.5 Å². The van der Waals surface area contributed by atoms with Gasteiger partial charge in [-0.1, -0.05) is 0 Å². The van der Waals surface area contributed by atoms with Crippen LogP contribution in [0.2, 0.25) is 0 Å². The molecule has 0 aliphatic carbocycles. The van der Waals surface area contributed by atoms with Crippen molar-refractivity contribution in [2.24, 2.45) is 5.84 Å². The number of likely N-dealkylation sites (tertiary alicyclic amines) is 1. The number of nitrogen functional groups attached to an aromatic ring is 1. The second-order valence-corrected chi connectivity index (χ2v) is 4.59. The van der Waals surface area contributed by atoms with Crippen LogP contribution in [0.3, 0.4) is 0 Å². The molecule has 7 nitrogen and oxygen atoms in total. The Hall–Kier alpha value is -1.73. The lowest BCUT2D eigenvalue weighted by Crippen LogP contribution is -2.36. The second kappa shape index (κ2) is 6.44. The maximum atomic E-state index is 12.3. The number of nitrogens with one attached hydrogen (secondary N) is 1. The van der Waals surface area contributed by atoms with Gasteiger partial charge in [-0.2, -0.15) is 0 Å². The number of anilines is 1. The molecule has 2 heterocycles. The molecule has 1 aliphatic rings. The quantitative estimate of drug-likeness (QED) is 0.516. The molecule has 1 atom stereocenters. The van der Waals surface area contributed by atoms with E-state index in [1.807, 2.05) is 4.90 Å². The molecule has 0 bridgehead atoms. The molecule has 0 saturated carbocycles. The summed E-state index contributed by atoms with van der Waals surface area (Å²) in [5, 5.41) is 8.88. The van der Waals surface area contributed by atoms with Crippen LogP contribution in [0, 0.1) is 0 Å². The molecule has 19 heavy (non-hydrogen) atoms. The average Bonchev–Trinajstić information content (AvgIpc) is 2.92. The van der Waals surface area contributed by atoms with Crippen LogP contribution in [0.25, 0.3) is 0 Å².